The van der Waals surface area contributed by atoms with E-state index in [4.69, 9.17) is 14.6 Å². The molecule has 2 saturated carbocycles. The molecule has 0 bridgehead atoms. The molecule has 1 heterocycles. The van der Waals surface area contributed by atoms with Crippen LogP contribution in [0.5, 0.6) is 0 Å². The highest BCUT2D eigenvalue weighted by Crippen LogP contribution is 2.54. The molecule has 1 aliphatic heterocycles. The molecule has 3 aliphatic rings. The lowest BCUT2D eigenvalue weighted by Crippen LogP contribution is -2.51. The number of ether oxygens (including phenoxy) is 1. The van der Waals surface area contributed by atoms with Gasteiger partial charge in [-0.25, -0.2) is 9.59 Å². The molecule has 1 aromatic rings. The third-order valence-corrected chi connectivity index (χ3v) is 6.17. The van der Waals surface area contributed by atoms with E-state index in [0.717, 1.165) is 31.4 Å². The fourth-order valence-corrected chi connectivity index (χ4v) is 3.91. The molecule has 2 aliphatic carbocycles. The van der Waals surface area contributed by atoms with Gasteiger partial charge >= 0.3 is 18.1 Å². The fraction of sp³-hybridized carbons (Fsp3) is 0.571. The van der Waals surface area contributed by atoms with Gasteiger partial charge in [0.1, 0.15) is 0 Å². The summed E-state index contributed by atoms with van der Waals surface area (Å²) in [6, 6.07) is 7.33. The molecular formula is C21H25F3N2O5. The van der Waals surface area contributed by atoms with Crippen LogP contribution in [0.3, 0.4) is 0 Å². The largest absolute Gasteiger partial charge is 0.490 e. The Morgan fingerprint density at radius 2 is 1.68 bits per heavy atom. The minimum absolute atomic E-state index is 0.0620. The summed E-state index contributed by atoms with van der Waals surface area (Å²) in [7, 11) is 1.38. The normalized spacial score (nSPS) is 22.5. The molecule has 3 N–H and O–H groups in total. The van der Waals surface area contributed by atoms with Crippen LogP contribution in [-0.2, 0) is 19.9 Å². The quantitative estimate of drug-likeness (QED) is 0.620. The summed E-state index contributed by atoms with van der Waals surface area (Å²) < 4.78 is 36.5. The molecule has 4 rings (SSSR count). The van der Waals surface area contributed by atoms with Gasteiger partial charge in [0.2, 0.25) is 5.91 Å². The van der Waals surface area contributed by atoms with E-state index < -0.39 is 12.1 Å². The van der Waals surface area contributed by atoms with E-state index in [2.05, 4.69) is 10.6 Å². The first kappa shape index (κ1) is 23.1. The second-order valence-corrected chi connectivity index (χ2v) is 8.40. The molecule has 1 aromatic carbocycles. The van der Waals surface area contributed by atoms with Gasteiger partial charge in [-0.2, -0.15) is 13.2 Å². The average molecular weight is 442 g/mol. The SMILES string of the molecule is COC(=O)c1ccc(C2(NC(=O)C3CC4(CCN3)CC4)CC2)cc1.O=C(O)C(F)(F)F. The maximum atomic E-state index is 12.7. The molecule has 0 radical (unpaired) electrons. The number of hydrogen-bond acceptors (Lipinski definition) is 5. The van der Waals surface area contributed by atoms with E-state index in [-0.39, 0.29) is 23.5 Å². The van der Waals surface area contributed by atoms with Gasteiger partial charge in [0.25, 0.3) is 0 Å². The van der Waals surface area contributed by atoms with Crippen molar-refractivity contribution >= 4 is 17.8 Å². The van der Waals surface area contributed by atoms with Gasteiger partial charge in [-0.05, 0) is 68.2 Å². The van der Waals surface area contributed by atoms with E-state index in [9.17, 15) is 22.8 Å². The van der Waals surface area contributed by atoms with E-state index >= 15 is 0 Å². The van der Waals surface area contributed by atoms with Crippen molar-refractivity contribution in [3.63, 3.8) is 0 Å². The average Bonchev–Trinajstić information content (AvgIpc) is 3.66. The lowest BCUT2D eigenvalue weighted by molar-refractivity contribution is -0.192. The summed E-state index contributed by atoms with van der Waals surface area (Å²) in [6.07, 6.45) is 1.55. The standard InChI is InChI=1S/C19H24N2O3.C2HF3O2/c1-24-17(23)13-2-4-14(5-3-13)19(8-9-19)21-16(22)15-12-18(6-7-18)10-11-20-15;3-2(4,5)1(6)7/h2-5,15,20H,6-12H2,1H3,(H,21,22);(H,6,7). The molecule has 1 amide bonds. The van der Waals surface area contributed by atoms with Crippen molar-refractivity contribution in [1.29, 1.82) is 0 Å². The van der Waals surface area contributed by atoms with Gasteiger partial charge in [-0.15, -0.1) is 0 Å². The molecule has 1 unspecified atom stereocenters. The summed E-state index contributed by atoms with van der Waals surface area (Å²) >= 11 is 0. The van der Waals surface area contributed by atoms with Gasteiger partial charge in [-0.3, -0.25) is 4.79 Å². The van der Waals surface area contributed by atoms with Crippen molar-refractivity contribution in [2.75, 3.05) is 13.7 Å². The molecule has 0 aromatic heterocycles. The van der Waals surface area contributed by atoms with Gasteiger partial charge in [0.05, 0.1) is 24.3 Å². The zero-order valence-electron chi connectivity index (χ0n) is 17.1. The van der Waals surface area contributed by atoms with Crippen LogP contribution in [0.1, 0.15) is 54.4 Å². The summed E-state index contributed by atoms with van der Waals surface area (Å²) in [5.74, 6) is -2.97. The summed E-state index contributed by atoms with van der Waals surface area (Å²) in [5, 5.41) is 13.8. The summed E-state index contributed by atoms with van der Waals surface area (Å²) in [4.78, 5) is 33.2. The Morgan fingerprint density at radius 1 is 1.10 bits per heavy atom. The van der Waals surface area contributed by atoms with Crippen LogP contribution in [0.4, 0.5) is 13.2 Å². The van der Waals surface area contributed by atoms with Crippen molar-refractivity contribution < 1.29 is 37.4 Å². The fourth-order valence-electron chi connectivity index (χ4n) is 3.91. The van der Waals surface area contributed by atoms with Crippen LogP contribution in [0.25, 0.3) is 0 Å². The Hall–Kier alpha value is -2.62. The number of piperidine rings is 1. The minimum Gasteiger partial charge on any atom is -0.475 e. The second-order valence-electron chi connectivity index (χ2n) is 8.40. The third-order valence-electron chi connectivity index (χ3n) is 6.17. The number of aliphatic carboxylic acids is 1. The second kappa shape index (κ2) is 8.49. The number of methoxy groups -OCH3 is 1. The van der Waals surface area contributed by atoms with Crippen LogP contribution >= 0.6 is 0 Å². The smallest absolute Gasteiger partial charge is 0.475 e. The van der Waals surface area contributed by atoms with Crippen LogP contribution in [-0.4, -0.2) is 48.8 Å². The number of carbonyl (C=O) groups excluding carboxylic acids is 2. The molecule has 170 valence electrons. The molecule has 1 saturated heterocycles. The van der Waals surface area contributed by atoms with Gasteiger partial charge in [-0.1, -0.05) is 12.1 Å². The highest BCUT2D eigenvalue weighted by Gasteiger charge is 2.50. The molecule has 1 spiro atoms. The van der Waals surface area contributed by atoms with Crippen LogP contribution in [0.2, 0.25) is 0 Å². The molecule has 1 atom stereocenters. The number of carbonyl (C=O) groups is 3. The molecule has 3 fully saturated rings. The number of carboxylic acids is 1. The number of nitrogens with one attached hydrogen (secondary N) is 2. The predicted molar refractivity (Wildman–Crippen MR) is 103 cm³/mol. The summed E-state index contributed by atoms with van der Waals surface area (Å²) in [5.41, 5.74) is 1.81. The Kier molecular flexibility index (Phi) is 6.31. The molecule has 10 heteroatoms. The zero-order valence-corrected chi connectivity index (χ0v) is 17.1. The molecule has 31 heavy (non-hydrogen) atoms. The highest BCUT2D eigenvalue weighted by atomic mass is 19.4. The van der Waals surface area contributed by atoms with E-state index in [1.807, 2.05) is 12.1 Å². The van der Waals surface area contributed by atoms with Crippen molar-refractivity contribution in [2.45, 2.75) is 56.3 Å². The highest BCUT2D eigenvalue weighted by molar-refractivity contribution is 5.89. The van der Waals surface area contributed by atoms with Crippen molar-refractivity contribution in [3.8, 4) is 0 Å². The van der Waals surface area contributed by atoms with Crippen LogP contribution < -0.4 is 10.6 Å². The Balaban J connectivity index is 0.000000339. The topological polar surface area (TPSA) is 105 Å². The number of benzene rings is 1. The van der Waals surface area contributed by atoms with Crippen molar-refractivity contribution in [1.82, 2.24) is 10.6 Å². The Bertz CT molecular complexity index is 846. The maximum absolute atomic E-state index is 12.7. The third kappa shape index (κ3) is 5.55. The van der Waals surface area contributed by atoms with E-state index in [0.29, 0.717) is 11.0 Å². The lowest BCUT2D eigenvalue weighted by Gasteiger charge is -2.31. The minimum atomic E-state index is -5.08. The van der Waals surface area contributed by atoms with E-state index in [1.165, 1.54) is 26.4 Å². The van der Waals surface area contributed by atoms with Gasteiger partial charge in [0, 0.05) is 0 Å². The number of halogens is 3. The first-order valence-corrected chi connectivity index (χ1v) is 10.0. The zero-order chi connectivity index (χ0) is 22.9. The molecule has 7 nitrogen and oxygen atoms in total. The van der Waals surface area contributed by atoms with Crippen molar-refractivity contribution in [2.24, 2.45) is 5.41 Å². The summed E-state index contributed by atoms with van der Waals surface area (Å²) in [6.45, 7) is 0.943. The predicted octanol–water partition coefficient (Wildman–Crippen LogP) is 2.74. The van der Waals surface area contributed by atoms with Crippen molar-refractivity contribution in [3.05, 3.63) is 35.4 Å². The monoisotopic (exact) mass is 442 g/mol. The van der Waals surface area contributed by atoms with E-state index in [1.54, 1.807) is 12.1 Å². The number of alkyl halides is 3. The van der Waals surface area contributed by atoms with Crippen LogP contribution in [0, 0.1) is 5.41 Å². The van der Waals surface area contributed by atoms with Crippen LogP contribution in [0.15, 0.2) is 24.3 Å². The number of hydrogen-bond donors (Lipinski definition) is 3. The first-order valence-electron chi connectivity index (χ1n) is 10.0. The number of rotatable bonds is 4. The Labute approximate surface area is 177 Å². The molecular weight excluding hydrogens is 417 g/mol. The van der Waals surface area contributed by atoms with Gasteiger partial charge in [0.15, 0.2) is 0 Å². The first-order chi connectivity index (χ1) is 14.5. The van der Waals surface area contributed by atoms with Gasteiger partial charge < -0.3 is 20.5 Å². The number of carboxylic acid groups (broad SMARTS) is 1. The maximum Gasteiger partial charge on any atom is 0.490 e. The Morgan fingerprint density at radius 3 is 2.13 bits per heavy atom. The number of esters is 1. The number of amides is 1. The lowest BCUT2D eigenvalue weighted by atomic mass is 9.89.